The maximum absolute atomic E-state index is 12.2. The minimum Gasteiger partial charge on any atom is -0.454 e. The van der Waals surface area contributed by atoms with Gasteiger partial charge >= 0.3 is 5.97 Å². The molecule has 8 heteroatoms. The Kier molecular flexibility index (Phi) is 6.47. The summed E-state index contributed by atoms with van der Waals surface area (Å²) in [5.41, 5.74) is 1.49. The Morgan fingerprint density at radius 3 is 2.81 bits per heavy atom. The zero-order valence-electron chi connectivity index (χ0n) is 14.6. The molecule has 6 nitrogen and oxygen atoms in total. The lowest BCUT2D eigenvalue weighted by molar-refractivity contribution is -0.150. The molecule has 0 radical (unpaired) electrons. The van der Waals surface area contributed by atoms with Gasteiger partial charge in [-0.05, 0) is 30.7 Å². The average Bonchev–Trinajstić information content (AvgIpc) is 3.11. The molecule has 0 aliphatic carbocycles. The number of ether oxygens (including phenoxy) is 3. The first-order valence-corrected chi connectivity index (χ1v) is 9.77. The first-order valence-electron chi connectivity index (χ1n) is 8.24. The molecule has 2 aromatic carbocycles. The van der Waals surface area contributed by atoms with Crippen LogP contribution in [0.25, 0.3) is 0 Å². The van der Waals surface area contributed by atoms with E-state index < -0.39 is 18.0 Å². The molecule has 3 rings (SSSR count). The van der Waals surface area contributed by atoms with Gasteiger partial charge in [0.05, 0.1) is 5.75 Å². The molecule has 27 heavy (non-hydrogen) atoms. The fourth-order valence-electron chi connectivity index (χ4n) is 2.36. The lowest BCUT2D eigenvalue weighted by Crippen LogP contribution is -2.30. The lowest BCUT2D eigenvalue weighted by Gasteiger charge is -2.14. The summed E-state index contributed by atoms with van der Waals surface area (Å²) >= 11 is 7.46. The zero-order chi connectivity index (χ0) is 19.2. The van der Waals surface area contributed by atoms with Crippen molar-refractivity contribution >= 4 is 40.9 Å². The van der Waals surface area contributed by atoms with Crippen molar-refractivity contribution in [2.24, 2.45) is 0 Å². The molecule has 1 atom stereocenters. The van der Waals surface area contributed by atoms with Crippen LogP contribution < -0.4 is 14.8 Å². The van der Waals surface area contributed by atoms with Gasteiger partial charge < -0.3 is 19.5 Å². The van der Waals surface area contributed by atoms with Crippen LogP contribution in [0.1, 0.15) is 12.5 Å². The molecule has 0 bridgehead atoms. The highest BCUT2D eigenvalue weighted by Crippen LogP contribution is 2.34. The van der Waals surface area contributed by atoms with Gasteiger partial charge in [-0.2, -0.15) is 0 Å². The number of thioether (sulfide) groups is 1. The summed E-state index contributed by atoms with van der Waals surface area (Å²) in [5.74, 6) is 1.04. The molecular formula is C19H18ClNO5S. The summed E-state index contributed by atoms with van der Waals surface area (Å²) in [7, 11) is 0. The quantitative estimate of drug-likeness (QED) is 0.702. The number of fused-ring (bicyclic) bond motifs is 1. The molecule has 0 spiro atoms. The highest BCUT2D eigenvalue weighted by molar-refractivity contribution is 7.99. The second-order valence-electron chi connectivity index (χ2n) is 5.77. The van der Waals surface area contributed by atoms with Gasteiger partial charge in [0.1, 0.15) is 0 Å². The van der Waals surface area contributed by atoms with E-state index in [0.717, 1.165) is 5.56 Å². The van der Waals surface area contributed by atoms with Crippen molar-refractivity contribution in [3.05, 3.63) is 53.1 Å². The summed E-state index contributed by atoms with van der Waals surface area (Å²) in [6.07, 6.45) is -0.913. The van der Waals surface area contributed by atoms with Crippen molar-refractivity contribution < 1.29 is 23.8 Å². The molecule has 0 saturated carbocycles. The van der Waals surface area contributed by atoms with Crippen LogP contribution >= 0.6 is 23.4 Å². The van der Waals surface area contributed by atoms with E-state index in [2.05, 4.69) is 5.32 Å². The maximum atomic E-state index is 12.2. The van der Waals surface area contributed by atoms with E-state index >= 15 is 0 Å². The van der Waals surface area contributed by atoms with Crippen LogP contribution in [-0.2, 0) is 20.1 Å². The number of hydrogen-bond acceptors (Lipinski definition) is 6. The lowest BCUT2D eigenvalue weighted by atomic mass is 10.2. The number of esters is 1. The highest BCUT2D eigenvalue weighted by atomic mass is 35.5. The Labute approximate surface area is 166 Å². The Morgan fingerprint density at radius 2 is 2.00 bits per heavy atom. The number of benzene rings is 2. The van der Waals surface area contributed by atoms with E-state index in [1.165, 1.54) is 18.7 Å². The normalized spacial score (nSPS) is 13.1. The molecule has 1 N–H and O–H groups in total. The van der Waals surface area contributed by atoms with E-state index in [-0.39, 0.29) is 12.5 Å². The molecule has 0 fully saturated rings. The van der Waals surface area contributed by atoms with Crippen molar-refractivity contribution in [3.8, 4) is 11.5 Å². The van der Waals surface area contributed by atoms with Crippen molar-refractivity contribution in [1.29, 1.82) is 0 Å². The van der Waals surface area contributed by atoms with Crippen molar-refractivity contribution in [2.75, 3.05) is 17.9 Å². The number of anilines is 1. The van der Waals surface area contributed by atoms with E-state index in [1.54, 1.807) is 24.3 Å². The van der Waals surface area contributed by atoms with E-state index in [0.29, 0.717) is 28.0 Å². The monoisotopic (exact) mass is 407 g/mol. The molecule has 2 aromatic rings. The van der Waals surface area contributed by atoms with Crippen LogP contribution in [0, 0.1) is 0 Å². The molecule has 1 aliphatic rings. The van der Waals surface area contributed by atoms with Gasteiger partial charge in [-0.3, -0.25) is 9.59 Å². The second kappa shape index (κ2) is 9.01. The molecule has 1 heterocycles. The zero-order valence-corrected chi connectivity index (χ0v) is 16.1. The topological polar surface area (TPSA) is 73.9 Å². The number of amides is 1. The third-order valence-electron chi connectivity index (χ3n) is 3.75. The van der Waals surface area contributed by atoms with Crippen LogP contribution in [0.3, 0.4) is 0 Å². The summed E-state index contributed by atoms with van der Waals surface area (Å²) < 4.78 is 15.7. The smallest absolute Gasteiger partial charge is 0.316 e. The van der Waals surface area contributed by atoms with Crippen LogP contribution in [0.15, 0.2) is 42.5 Å². The first kappa shape index (κ1) is 19.4. The third-order valence-corrected chi connectivity index (χ3v) is 5.08. The van der Waals surface area contributed by atoms with Gasteiger partial charge in [0, 0.05) is 22.5 Å². The number of carbonyl (C=O) groups excluding carboxylic acids is 2. The van der Waals surface area contributed by atoms with E-state index in [1.807, 2.05) is 18.2 Å². The Bertz CT molecular complexity index is 845. The largest absolute Gasteiger partial charge is 0.454 e. The Morgan fingerprint density at radius 1 is 1.22 bits per heavy atom. The fourth-order valence-corrected chi connectivity index (χ4v) is 3.45. The maximum Gasteiger partial charge on any atom is 0.316 e. The van der Waals surface area contributed by atoms with E-state index in [9.17, 15) is 9.59 Å². The average molecular weight is 408 g/mol. The fraction of sp³-hybridized carbons (Fsp3) is 0.263. The van der Waals surface area contributed by atoms with Crippen molar-refractivity contribution in [2.45, 2.75) is 18.8 Å². The van der Waals surface area contributed by atoms with E-state index in [4.69, 9.17) is 25.8 Å². The molecule has 1 aliphatic heterocycles. The number of carbonyl (C=O) groups is 2. The molecule has 0 unspecified atom stereocenters. The number of rotatable bonds is 7. The van der Waals surface area contributed by atoms with Gasteiger partial charge in [0.2, 0.25) is 6.79 Å². The first-order chi connectivity index (χ1) is 13.0. The summed E-state index contributed by atoms with van der Waals surface area (Å²) in [6.45, 7) is 1.69. The van der Waals surface area contributed by atoms with Crippen LogP contribution in [0.4, 0.5) is 5.69 Å². The standard InChI is InChI=1S/C19H18ClNO5S/c1-12(19(23)21-14-6-7-16-17(8-14)25-11-24-16)26-18(22)10-27-9-13-4-2-3-5-15(13)20/h2-8,12H,9-11H2,1H3,(H,21,23)/t12-/m0/s1. The predicted molar refractivity (Wildman–Crippen MR) is 104 cm³/mol. The Balaban J connectivity index is 1.43. The minimum absolute atomic E-state index is 0.132. The number of nitrogens with one attached hydrogen (secondary N) is 1. The summed E-state index contributed by atoms with van der Waals surface area (Å²) in [5, 5.41) is 3.35. The van der Waals surface area contributed by atoms with Gasteiger partial charge in [-0.15, -0.1) is 11.8 Å². The van der Waals surface area contributed by atoms with Crippen LogP contribution in [0.2, 0.25) is 5.02 Å². The van der Waals surface area contributed by atoms with Gasteiger partial charge in [-0.25, -0.2) is 0 Å². The summed E-state index contributed by atoms with van der Waals surface area (Å²) in [4.78, 5) is 24.1. The van der Waals surface area contributed by atoms with Gasteiger partial charge in [-0.1, -0.05) is 29.8 Å². The second-order valence-corrected chi connectivity index (χ2v) is 7.17. The minimum atomic E-state index is -0.913. The Hall–Kier alpha value is -2.38. The summed E-state index contributed by atoms with van der Waals surface area (Å²) in [6, 6.07) is 12.5. The van der Waals surface area contributed by atoms with Crippen LogP contribution in [0.5, 0.6) is 11.5 Å². The molecule has 0 saturated heterocycles. The van der Waals surface area contributed by atoms with Crippen molar-refractivity contribution in [1.82, 2.24) is 0 Å². The van der Waals surface area contributed by atoms with Crippen molar-refractivity contribution in [3.63, 3.8) is 0 Å². The van der Waals surface area contributed by atoms with Gasteiger partial charge in [0.25, 0.3) is 5.91 Å². The number of halogens is 1. The molecule has 1 amide bonds. The van der Waals surface area contributed by atoms with Crippen LogP contribution in [-0.4, -0.2) is 30.5 Å². The molecular weight excluding hydrogens is 390 g/mol. The van der Waals surface area contributed by atoms with Gasteiger partial charge in [0.15, 0.2) is 17.6 Å². The third kappa shape index (κ3) is 5.30. The SMILES string of the molecule is C[C@H](OC(=O)CSCc1ccccc1Cl)C(=O)Nc1ccc2c(c1)OCO2. The molecule has 142 valence electrons. The molecule has 0 aromatic heterocycles. The highest BCUT2D eigenvalue weighted by Gasteiger charge is 2.20. The predicted octanol–water partition coefficient (Wildman–Crippen LogP) is 3.87. The number of hydrogen-bond donors (Lipinski definition) is 1.